The van der Waals surface area contributed by atoms with Crippen molar-refractivity contribution in [2.45, 2.75) is 31.5 Å². The van der Waals surface area contributed by atoms with Crippen molar-refractivity contribution in [3.8, 4) is 0 Å². The van der Waals surface area contributed by atoms with E-state index in [4.69, 9.17) is 14.2 Å². The zero-order valence-corrected chi connectivity index (χ0v) is 12.9. The summed E-state index contributed by atoms with van der Waals surface area (Å²) in [7, 11) is 0. The lowest BCUT2D eigenvalue weighted by atomic mass is 10.0. The summed E-state index contributed by atoms with van der Waals surface area (Å²) in [6.07, 6.45) is 0.364. The highest BCUT2D eigenvalue weighted by molar-refractivity contribution is 5.31. The quantitative estimate of drug-likeness (QED) is 0.799. The van der Waals surface area contributed by atoms with Crippen LogP contribution in [0, 0.1) is 0 Å². The molecule has 0 saturated carbocycles. The summed E-state index contributed by atoms with van der Waals surface area (Å²) in [6.45, 7) is 1.97. The topological polar surface area (TPSA) is 54.5 Å². The van der Waals surface area contributed by atoms with Crippen molar-refractivity contribution in [1.29, 1.82) is 0 Å². The van der Waals surface area contributed by atoms with Crippen LogP contribution in [0.5, 0.6) is 0 Å². The van der Waals surface area contributed by atoms with Gasteiger partial charge in [0.05, 0.1) is 13.2 Å². The normalized spacial score (nSPS) is 23.5. The smallest absolute Gasteiger partial charge is 0.181 e. The van der Waals surface area contributed by atoms with Gasteiger partial charge >= 0.3 is 0 Å². The molecule has 4 nitrogen and oxygen atoms in total. The van der Waals surface area contributed by atoms with Crippen LogP contribution in [0.2, 0.25) is 0 Å². The van der Waals surface area contributed by atoms with Gasteiger partial charge in [-0.25, -0.2) is 0 Å². The Morgan fingerprint density at radius 1 is 0.913 bits per heavy atom. The van der Waals surface area contributed by atoms with Crippen molar-refractivity contribution in [2.75, 3.05) is 13.2 Å². The summed E-state index contributed by atoms with van der Waals surface area (Å²) in [5, 5.41) is 10.0. The molecule has 0 spiro atoms. The van der Waals surface area contributed by atoms with Crippen LogP contribution < -0.4 is 0 Å². The van der Waals surface area contributed by atoms with E-state index < -0.39 is 6.10 Å². The Balaban J connectivity index is 1.35. The van der Waals surface area contributed by atoms with E-state index in [1.807, 2.05) is 12.1 Å². The Morgan fingerprint density at radius 3 is 2.04 bits per heavy atom. The van der Waals surface area contributed by atoms with Crippen LogP contribution in [0.3, 0.4) is 0 Å². The van der Waals surface area contributed by atoms with Gasteiger partial charge in [0.15, 0.2) is 6.29 Å². The van der Waals surface area contributed by atoms with E-state index in [1.54, 1.807) is 0 Å². The van der Waals surface area contributed by atoms with Gasteiger partial charge in [-0.2, -0.15) is 0 Å². The van der Waals surface area contributed by atoms with Crippen LogP contribution in [0.25, 0.3) is 0 Å². The first-order chi connectivity index (χ1) is 11.3. The van der Waals surface area contributed by atoms with Crippen LogP contribution in [-0.2, 0) is 27.2 Å². The van der Waals surface area contributed by atoms with Crippen LogP contribution in [-0.4, -0.2) is 30.7 Å². The lowest BCUT2D eigenvalue weighted by Crippen LogP contribution is -2.04. The third-order valence-electron chi connectivity index (χ3n) is 4.20. The average Bonchev–Trinajstić information content (AvgIpc) is 3.48. The molecule has 1 N–H and O–H groups in total. The van der Waals surface area contributed by atoms with Crippen molar-refractivity contribution in [3.05, 3.63) is 70.8 Å². The lowest BCUT2D eigenvalue weighted by Gasteiger charge is -2.09. The molecule has 3 atom stereocenters. The second kappa shape index (κ2) is 6.42. The minimum atomic E-state index is -0.501. The molecule has 2 aromatic carbocycles. The van der Waals surface area contributed by atoms with Crippen LogP contribution in [0.4, 0.5) is 0 Å². The van der Waals surface area contributed by atoms with Gasteiger partial charge in [0.2, 0.25) is 0 Å². The van der Waals surface area contributed by atoms with E-state index in [1.165, 1.54) is 11.1 Å². The molecule has 0 radical (unpaired) electrons. The van der Waals surface area contributed by atoms with E-state index in [2.05, 4.69) is 36.4 Å². The number of aliphatic hydroxyl groups excluding tert-OH is 1. The van der Waals surface area contributed by atoms with E-state index in [0.29, 0.717) is 13.2 Å². The Morgan fingerprint density at radius 2 is 1.48 bits per heavy atom. The molecule has 0 amide bonds. The second-order valence-corrected chi connectivity index (χ2v) is 6.13. The second-order valence-electron chi connectivity index (χ2n) is 6.13. The minimum absolute atomic E-state index is 0.00424. The largest absolute Gasteiger partial charge is 0.386 e. The molecule has 120 valence electrons. The van der Waals surface area contributed by atoms with E-state index in [-0.39, 0.29) is 12.4 Å². The summed E-state index contributed by atoms with van der Waals surface area (Å²) in [4.78, 5) is 0. The predicted molar refractivity (Wildman–Crippen MR) is 84.9 cm³/mol. The Kier molecular flexibility index (Phi) is 4.14. The first kappa shape index (κ1) is 14.8. The Labute approximate surface area is 135 Å². The molecule has 2 aliphatic rings. The average molecular weight is 312 g/mol. The number of rotatable bonds is 7. The fourth-order valence-corrected chi connectivity index (χ4v) is 2.60. The van der Waals surface area contributed by atoms with E-state index in [9.17, 15) is 5.11 Å². The van der Waals surface area contributed by atoms with Crippen molar-refractivity contribution in [1.82, 2.24) is 0 Å². The van der Waals surface area contributed by atoms with Gasteiger partial charge in [-0.05, 0) is 28.7 Å². The fourth-order valence-electron chi connectivity index (χ4n) is 2.60. The van der Waals surface area contributed by atoms with Gasteiger partial charge in [-0.1, -0.05) is 48.5 Å². The maximum atomic E-state index is 10.0. The number of hydrogen-bond acceptors (Lipinski definition) is 4. The minimum Gasteiger partial charge on any atom is -0.386 e. The maximum Gasteiger partial charge on any atom is 0.181 e. The standard InChI is InChI=1S/C19H20O4/c20-19(17-11-21-17)16-7-5-14(6-8-16)9-13-1-3-15(4-2-13)10-22-18-12-23-18/h1-8,17-20H,9-12H2. The molecule has 0 aromatic heterocycles. The van der Waals surface area contributed by atoms with Crippen molar-refractivity contribution in [2.24, 2.45) is 0 Å². The zero-order valence-electron chi connectivity index (χ0n) is 12.9. The van der Waals surface area contributed by atoms with Crippen LogP contribution >= 0.6 is 0 Å². The Hall–Kier alpha value is -1.72. The van der Waals surface area contributed by atoms with Crippen LogP contribution in [0.1, 0.15) is 28.4 Å². The van der Waals surface area contributed by atoms with Gasteiger partial charge in [0.25, 0.3) is 0 Å². The maximum absolute atomic E-state index is 10.0. The predicted octanol–water partition coefficient (Wildman–Crippen LogP) is 2.58. The van der Waals surface area contributed by atoms with Gasteiger partial charge in [0.1, 0.15) is 18.8 Å². The van der Waals surface area contributed by atoms with Crippen LogP contribution in [0.15, 0.2) is 48.5 Å². The molecule has 4 heteroatoms. The molecule has 2 aromatic rings. The summed E-state index contributed by atoms with van der Waals surface area (Å²) in [5.74, 6) is 0. The molecule has 4 rings (SSSR count). The molecule has 0 bridgehead atoms. The molecule has 3 unspecified atom stereocenters. The highest BCUT2D eigenvalue weighted by Crippen LogP contribution is 2.27. The first-order valence-electron chi connectivity index (χ1n) is 7.97. The third kappa shape index (κ3) is 3.98. The van der Waals surface area contributed by atoms with Crippen molar-refractivity contribution < 1.29 is 19.3 Å². The molecular formula is C19H20O4. The van der Waals surface area contributed by atoms with Crippen molar-refractivity contribution in [3.63, 3.8) is 0 Å². The number of epoxide rings is 2. The molecule has 0 aliphatic carbocycles. The van der Waals surface area contributed by atoms with Gasteiger partial charge in [0, 0.05) is 0 Å². The van der Waals surface area contributed by atoms with Crippen molar-refractivity contribution >= 4 is 0 Å². The number of ether oxygens (including phenoxy) is 3. The molecular weight excluding hydrogens is 292 g/mol. The zero-order chi connectivity index (χ0) is 15.6. The highest BCUT2D eigenvalue weighted by atomic mass is 16.8. The molecule has 2 fully saturated rings. The monoisotopic (exact) mass is 312 g/mol. The lowest BCUT2D eigenvalue weighted by molar-refractivity contribution is 0.0386. The van der Waals surface area contributed by atoms with Gasteiger partial charge < -0.3 is 19.3 Å². The molecule has 2 saturated heterocycles. The number of hydrogen-bond donors (Lipinski definition) is 1. The molecule has 23 heavy (non-hydrogen) atoms. The SMILES string of the molecule is OC(c1ccc(Cc2ccc(COC3CO3)cc2)cc1)C1CO1. The fraction of sp³-hybridized carbons (Fsp3) is 0.368. The molecule has 2 heterocycles. The van der Waals surface area contributed by atoms with Gasteiger partial charge in [-0.3, -0.25) is 0 Å². The summed E-state index contributed by atoms with van der Waals surface area (Å²) in [5.41, 5.74) is 4.57. The summed E-state index contributed by atoms with van der Waals surface area (Å²) in [6, 6.07) is 16.6. The van der Waals surface area contributed by atoms with Gasteiger partial charge in [-0.15, -0.1) is 0 Å². The first-order valence-corrected chi connectivity index (χ1v) is 7.97. The molecule has 2 aliphatic heterocycles. The number of aliphatic hydroxyl groups is 1. The number of benzene rings is 2. The third-order valence-corrected chi connectivity index (χ3v) is 4.20. The summed E-state index contributed by atoms with van der Waals surface area (Å²) < 4.78 is 15.7. The van der Waals surface area contributed by atoms with E-state index >= 15 is 0 Å². The summed E-state index contributed by atoms with van der Waals surface area (Å²) >= 11 is 0. The highest BCUT2D eigenvalue weighted by Gasteiger charge is 2.32. The van der Waals surface area contributed by atoms with E-state index in [0.717, 1.165) is 24.2 Å². The Bertz CT molecular complexity index is 642.